The lowest BCUT2D eigenvalue weighted by Gasteiger charge is -2.10. The van der Waals surface area contributed by atoms with Crippen molar-refractivity contribution in [3.8, 4) is 0 Å². The molecule has 1 amide bonds. The summed E-state index contributed by atoms with van der Waals surface area (Å²) in [6.45, 7) is 3.99. The predicted octanol–water partition coefficient (Wildman–Crippen LogP) is 2.85. The summed E-state index contributed by atoms with van der Waals surface area (Å²) in [5, 5.41) is 1.67. The third kappa shape index (κ3) is 2.93. The number of carbonyl (C=O) groups is 1. The van der Waals surface area contributed by atoms with Crippen molar-refractivity contribution in [3.63, 3.8) is 0 Å². The molecule has 2 aromatic carbocycles. The number of amides is 1. The van der Waals surface area contributed by atoms with Gasteiger partial charge in [-0.1, -0.05) is 53.0 Å². The molecule has 1 aliphatic heterocycles. The summed E-state index contributed by atoms with van der Waals surface area (Å²) in [5.41, 5.74) is 3.98. The van der Waals surface area contributed by atoms with Gasteiger partial charge in [0.15, 0.2) is 7.05 Å². The van der Waals surface area contributed by atoms with Crippen LogP contribution in [0.25, 0.3) is 0 Å². The van der Waals surface area contributed by atoms with Crippen LogP contribution in [0.2, 0.25) is 0 Å². The van der Waals surface area contributed by atoms with Gasteiger partial charge in [0.2, 0.25) is 11.8 Å². The molecule has 0 bridgehead atoms. The zero-order valence-electron chi connectivity index (χ0n) is 13.6. The summed E-state index contributed by atoms with van der Waals surface area (Å²) in [4.78, 5) is 17.3. The Bertz CT molecular complexity index is 776. The molecular formula is C19H20N3O+. The Morgan fingerprint density at radius 1 is 1.04 bits per heavy atom. The molecular weight excluding hydrogens is 286 g/mol. The molecule has 1 aliphatic rings. The van der Waals surface area contributed by atoms with Gasteiger partial charge >= 0.3 is 5.91 Å². The average molecular weight is 306 g/mol. The Labute approximate surface area is 136 Å². The molecule has 0 spiro atoms. The molecule has 0 aliphatic carbocycles. The second kappa shape index (κ2) is 6.16. The van der Waals surface area contributed by atoms with Gasteiger partial charge < -0.3 is 0 Å². The van der Waals surface area contributed by atoms with Crippen LogP contribution in [0.1, 0.15) is 18.1 Å². The summed E-state index contributed by atoms with van der Waals surface area (Å²) >= 11 is 0. The van der Waals surface area contributed by atoms with Gasteiger partial charge in [0.1, 0.15) is 5.69 Å². The van der Waals surface area contributed by atoms with Crippen molar-refractivity contribution in [1.29, 1.82) is 0 Å². The number of benzene rings is 2. The van der Waals surface area contributed by atoms with Gasteiger partial charge in [0, 0.05) is 13.1 Å². The van der Waals surface area contributed by atoms with Gasteiger partial charge in [-0.3, -0.25) is 9.79 Å². The van der Waals surface area contributed by atoms with Gasteiger partial charge in [0.05, 0.1) is 0 Å². The number of hydrogen-bond donors (Lipinski definition) is 0. The number of hydrogen-bond acceptors (Lipinski definition) is 2. The summed E-state index contributed by atoms with van der Waals surface area (Å²) in [5.74, 6) is -0.0282. The van der Waals surface area contributed by atoms with Gasteiger partial charge in [-0.25, -0.2) is 0 Å². The van der Waals surface area contributed by atoms with Crippen LogP contribution in [-0.4, -0.2) is 35.6 Å². The minimum Gasteiger partial charge on any atom is -0.268 e. The largest absolute Gasteiger partial charge is 0.318 e. The fraction of sp³-hybridized carbons (Fsp3) is 0.211. The van der Waals surface area contributed by atoms with Crippen molar-refractivity contribution in [3.05, 3.63) is 65.7 Å². The number of para-hydroxylation sites is 1. The quantitative estimate of drug-likeness (QED) is 0.634. The van der Waals surface area contributed by atoms with Crippen molar-refractivity contribution in [1.82, 2.24) is 0 Å². The highest BCUT2D eigenvalue weighted by Crippen LogP contribution is 2.20. The minimum absolute atomic E-state index is 0.0282. The first-order valence-corrected chi connectivity index (χ1v) is 7.64. The molecule has 4 nitrogen and oxygen atoms in total. The van der Waals surface area contributed by atoms with E-state index in [1.165, 1.54) is 5.56 Å². The molecule has 0 saturated heterocycles. The normalized spacial score (nSPS) is 18.3. The van der Waals surface area contributed by atoms with Crippen LogP contribution in [0.5, 0.6) is 0 Å². The molecule has 3 rings (SSSR count). The van der Waals surface area contributed by atoms with E-state index in [2.05, 4.69) is 4.99 Å². The predicted molar refractivity (Wildman–Crippen MR) is 93.4 cm³/mol. The summed E-state index contributed by atoms with van der Waals surface area (Å²) in [7, 11) is 1.89. The molecule has 23 heavy (non-hydrogen) atoms. The molecule has 4 heteroatoms. The molecule has 1 atom stereocenters. The molecule has 116 valence electrons. The minimum atomic E-state index is -0.471. The van der Waals surface area contributed by atoms with E-state index >= 15 is 0 Å². The van der Waals surface area contributed by atoms with E-state index < -0.39 is 6.04 Å². The van der Waals surface area contributed by atoms with Crippen LogP contribution in [0.4, 0.5) is 5.69 Å². The van der Waals surface area contributed by atoms with Crippen molar-refractivity contribution < 1.29 is 9.48 Å². The van der Waals surface area contributed by atoms with E-state index in [9.17, 15) is 4.79 Å². The Hall–Kier alpha value is -2.75. The summed E-state index contributed by atoms with van der Waals surface area (Å²) in [6, 6.07) is 17.3. The molecule has 0 N–H and O–H groups in total. The van der Waals surface area contributed by atoms with E-state index in [0.717, 1.165) is 17.0 Å². The highest BCUT2D eigenvalue weighted by Gasteiger charge is 2.44. The summed E-state index contributed by atoms with van der Waals surface area (Å²) < 4.78 is 1.87. The first-order chi connectivity index (χ1) is 11.1. The lowest BCUT2D eigenvalue weighted by atomic mass is 10.1. The number of nitrogens with zero attached hydrogens (tertiary/aromatic N) is 3. The monoisotopic (exact) mass is 306 g/mol. The van der Waals surface area contributed by atoms with Crippen LogP contribution in [0.3, 0.4) is 0 Å². The molecule has 0 radical (unpaired) electrons. The van der Waals surface area contributed by atoms with E-state index in [-0.39, 0.29) is 5.91 Å². The summed E-state index contributed by atoms with van der Waals surface area (Å²) in [6.07, 6.45) is 1.77. The number of anilines is 1. The number of rotatable bonds is 3. The third-order valence-corrected chi connectivity index (χ3v) is 4.10. The van der Waals surface area contributed by atoms with E-state index in [4.69, 9.17) is 0 Å². The van der Waals surface area contributed by atoms with Gasteiger partial charge in [-0.05, 0) is 24.6 Å². The van der Waals surface area contributed by atoms with E-state index in [1.54, 1.807) is 11.2 Å². The van der Waals surface area contributed by atoms with Crippen molar-refractivity contribution in [2.75, 3.05) is 12.1 Å². The van der Waals surface area contributed by atoms with Gasteiger partial charge in [-0.15, -0.1) is 4.68 Å². The topological polar surface area (TPSA) is 35.7 Å². The fourth-order valence-corrected chi connectivity index (χ4v) is 2.63. The van der Waals surface area contributed by atoms with E-state index in [1.807, 2.05) is 80.2 Å². The van der Waals surface area contributed by atoms with Crippen LogP contribution in [0, 0.1) is 6.92 Å². The Morgan fingerprint density at radius 2 is 1.70 bits per heavy atom. The van der Waals surface area contributed by atoms with Crippen LogP contribution in [0.15, 0.2) is 59.6 Å². The fourth-order valence-electron chi connectivity index (χ4n) is 2.63. The smallest absolute Gasteiger partial charge is 0.268 e. The lowest BCUT2D eigenvalue weighted by molar-refractivity contribution is -0.495. The first-order valence-electron chi connectivity index (χ1n) is 7.64. The van der Waals surface area contributed by atoms with Gasteiger partial charge in [0.25, 0.3) is 0 Å². The van der Waals surface area contributed by atoms with Crippen LogP contribution >= 0.6 is 0 Å². The maximum Gasteiger partial charge on any atom is 0.318 e. The SMILES string of the molecule is CC1=[N+](C)N(c2ccccc2)C(=O)[C@H]1N=Cc1ccc(C)cc1. The van der Waals surface area contributed by atoms with E-state index in [0.29, 0.717) is 0 Å². The van der Waals surface area contributed by atoms with Gasteiger partial charge in [-0.2, -0.15) is 0 Å². The molecule has 0 aromatic heterocycles. The van der Waals surface area contributed by atoms with Crippen molar-refractivity contribution in [2.45, 2.75) is 19.9 Å². The van der Waals surface area contributed by atoms with Crippen molar-refractivity contribution >= 4 is 23.5 Å². The molecule has 2 aromatic rings. The van der Waals surface area contributed by atoms with Crippen molar-refractivity contribution in [2.24, 2.45) is 4.99 Å². The Kier molecular flexibility index (Phi) is 4.06. The number of hydrazone groups is 1. The highest BCUT2D eigenvalue weighted by atomic mass is 16.2. The standard InChI is InChI=1S/C19H20N3O/c1-14-9-11-16(12-10-14)13-20-18-15(2)21(3)22(19(18)23)17-7-5-4-6-8-17/h4-13,18H,1-3H3/q+1/t18-/m0/s1. The number of aryl methyl sites for hydroxylation is 1. The number of carbonyl (C=O) groups excluding carboxylic acids is 1. The molecule has 0 fully saturated rings. The second-order valence-electron chi connectivity index (χ2n) is 5.74. The third-order valence-electron chi connectivity index (χ3n) is 4.10. The highest BCUT2D eigenvalue weighted by molar-refractivity contribution is 6.15. The maximum atomic E-state index is 12.8. The second-order valence-corrected chi connectivity index (χ2v) is 5.74. The van der Waals surface area contributed by atoms with Crippen LogP contribution < -0.4 is 5.01 Å². The Balaban J connectivity index is 1.87. The molecule has 1 heterocycles. The molecule has 0 saturated carbocycles. The lowest BCUT2D eigenvalue weighted by Crippen LogP contribution is -2.35. The zero-order chi connectivity index (χ0) is 16.4. The average Bonchev–Trinajstić information content (AvgIpc) is 2.78. The number of aliphatic imine (C=N–C) groups is 1. The first kappa shape index (κ1) is 15.2. The maximum absolute atomic E-state index is 12.8. The molecule has 0 unspecified atom stereocenters. The Morgan fingerprint density at radius 3 is 2.35 bits per heavy atom. The van der Waals surface area contributed by atoms with Crippen LogP contribution in [-0.2, 0) is 4.79 Å². The number of hydrazine groups is 1. The zero-order valence-corrected chi connectivity index (χ0v) is 13.6.